The first-order valence-corrected chi connectivity index (χ1v) is 6.15. The van der Waals surface area contributed by atoms with Gasteiger partial charge in [0.15, 0.2) is 5.76 Å². The van der Waals surface area contributed by atoms with Crippen LogP contribution in [0, 0.1) is 17.0 Å². The van der Waals surface area contributed by atoms with Gasteiger partial charge in [0.2, 0.25) is 5.78 Å². The van der Waals surface area contributed by atoms with Gasteiger partial charge in [-0.2, -0.15) is 0 Å². The van der Waals surface area contributed by atoms with Gasteiger partial charge in [0.1, 0.15) is 4.92 Å². The summed E-state index contributed by atoms with van der Waals surface area (Å²) in [6.45, 7) is 1.86. The predicted octanol–water partition coefficient (Wildman–Crippen LogP) is 3.55. The van der Waals surface area contributed by atoms with Gasteiger partial charge >= 0.3 is 5.88 Å². The molecule has 17 heavy (non-hydrogen) atoms. The number of hydrogen-bond acceptors (Lipinski definition) is 5. The fourth-order valence-corrected chi connectivity index (χ4v) is 2.72. The van der Waals surface area contributed by atoms with Crippen molar-refractivity contribution in [3.05, 3.63) is 48.3 Å². The molecule has 0 atom stereocenters. The minimum absolute atomic E-state index is 0.0227. The second kappa shape index (κ2) is 4.42. The third kappa shape index (κ3) is 2.29. The summed E-state index contributed by atoms with van der Waals surface area (Å²) in [6.07, 6.45) is 0. The number of carbonyl (C=O) groups is 1. The van der Waals surface area contributed by atoms with Gasteiger partial charge in [-0.1, -0.05) is 0 Å². The zero-order chi connectivity index (χ0) is 12.6. The van der Waals surface area contributed by atoms with Crippen molar-refractivity contribution in [1.29, 1.82) is 0 Å². The van der Waals surface area contributed by atoms with E-state index < -0.39 is 10.8 Å². The molecular formula is C10H6BrNO4S. The van der Waals surface area contributed by atoms with Gasteiger partial charge in [-0.05, 0) is 40.5 Å². The van der Waals surface area contributed by atoms with Crippen LogP contribution in [0.15, 0.2) is 26.4 Å². The van der Waals surface area contributed by atoms with Crippen molar-refractivity contribution in [2.24, 2.45) is 0 Å². The van der Waals surface area contributed by atoms with Crippen LogP contribution in [-0.4, -0.2) is 10.7 Å². The summed E-state index contributed by atoms with van der Waals surface area (Å²) >= 11 is 4.59. The third-order valence-electron chi connectivity index (χ3n) is 2.08. The van der Waals surface area contributed by atoms with Crippen molar-refractivity contribution in [3.63, 3.8) is 0 Å². The Labute approximate surface area is 108 Å². The molecule has 0 bridgehead atoms. The first kappa shape index (κ1) is 12.0. The standard InChI is InChI=1S/C10H6BrNO4S/c1-5-4-7(17-10(5)11)9(13)6-2-3-8(16-6)12(14)15/h2-4H,1H3. The normalized spacial score (nSPS) is 10.5. The third-order valence-corrected chi connectivity index (χ3v) is 4.21. The van der Waals surface area contributed by atoms with Crippen molar-refractivity contribution < 1.29 is 14.1 Å². The van der Waals surface area contributed by atoms with Crippen LogP contribution >= 0.6 is 27.3 Å². The number of aryl methyl sites for hydroxylation is 1. The van der Waals surface area contributed by atoms with Crippen LogP contribution in [0.2, 0.25) is 0 Å². The number of furan rings is 1. The smallest absolute Gasteiger partial charge is 0.397 e. The van der Waals surface area contributed by atoms with Crippen LogP contribution < -0.4 is 0 Å². The zero-order valence-corrected chi connectivity index (χ0v) is 11.0. The van der Waals surface area contributed by atoms with Crippen molar-refractivity contribution in [2.75, 3.05) is 0 Å². The largest absolute Gasteiger partial charge is 0.433 e. The van der Waals surface area contributed by atoms with Crippen LogP contribution in [0.5, 0.6) is 0 Å². The molecule has 0 aromatic carbocycles. The molecular weight excluding hydrogens is 310 g/mol. The Morgan fingerprint density at radius 1 is 1.53 bits per heavy atom. The number of nitrogens with zero attached hydrogens (tertiary/aromatic N) is 1. The molecule has 2 heterocycles. The summed E-state index contributed by atoms with van der Waals surface area (Å²) < 4.78 is 5.72. The highest BCUT2D eigenvalue weighted by molar-refractivity contribution is 9.11. The number of carbonyl (C=O) groups excluding carboxylic acids is 1. The minimum Gasteiger partial charge on any atom is -0.397 e. The first-order chi connectivity index (χ1) is 7.99. The number of nitro groups is 1. The Morgan fingerprint density at radius 2 is 2.24 bits per heavy atom. The van der Waals surface area contributed by atoms with E-state index in [0.717, 1.165) is 9.35 Å². The lowest BCUT2D eigenvalue weighted by Crippen LogP contribution is -1.95. The van der Waals surface area contributed by atoms with E-state index in [9.17, 15) is 14.9 Å². The molecule has 0 saturated carbocycles. The SMILES string of the molecule is Cc1cc(C(=O)c2ccc([N+](=O)[O-])o2)sc1Br. The van der Waals surface area contributed by atoms with E-state index in [1.807, 2.05) is 6.92 Å². The molecule has 0 spiro atoms. The topological polar surface area (TPSA) is 73.3 Å². The highest BCUT2D eigenvalue weighted by atomic mass is 79.9. The highest BCUT2D eigenvalue weighted by Gasteiger charge is 2.20. The molecule has 0 aliphatic carbocycles. The Morgan fingerprint density at radius 3 is 2.71 bits per heavy atom. The van der Waals surface area contributed by atoms with Gasteiger partial charge in [0.05, 0.1) is 14.7 Å². The van der Waals surface area contributed by atoms with Crippen LogP contribution in [0.25, 0.3) is 0 Å². The van der Waals surface area contributed by atoms with E-state index in [1.54, 1.807) is 6.07 Å². The lowest BCUT2D eigenvalue weighted by atomic mass is 10.2. The second-order valence-corrected chi connectivity index (χ2v) is 5.66. The molecule has 0 fully saturated rings. The van der Waals surface area contributed by atoms with Gasteiger partial charge in [0, 0.05) is 0 Å². The molecule has 0 aliphatic rings. The second-order valence-electron chi connectivity index (χ2n) is 3.29. The molecule has 0 saturated heterocycles. The van der Waals surface area contributed by atoms with Gasteiger partial charge in [-0.15, -0.1) is 11.3 Å². The van der Waals surface area contributed by atoms with E-state index in [1.165, 1.54) is 23.5 Å². The number of thiophene rings is 1. The molecule has 88 valence electrons. The summed E-state index contributed by atoms with van der Waals surface area (Å²) in [5, 5.41) is 10.4. The quantitative estimate of drug-likeness (QED) is 0.493. The molecule has 2 aromatic heterocycles. The number of ketones is 1. The van der Waals surface area contributed by atoms with E-state index in [-0.39, 0.29) is 11.5 Å². The molecule has 0 radical (unpaired) electrons. The zero-order valence-electron chi connectivity index (χ0n) is 8.60. The summed E-state index contributed by atoms with van der Waals surface area (Å²) in [7, 11) is 0. The van der Waals surface area contributed by atoms with Crippen molar-refractivity contribution in [1.82, 2.24) is 0 Å². The molecule has 0 unspecified atom stereocenters. The molecule has 0 aliphatic heterocycles. The molecule has 2 aromatic rings. The van der Waals surface area contributed by atoms with E-state index in [2.05, 4.69) is 15.9 Å². The Kier molecular flexibility index (Phi) is 3.12. The number of hydrogen-bond donors (Lipinski definition) is 0. The average Bonchev–Trinajstić information content (AvgIpc) is 2.86. The summed E-state index contributed by atoms with van der Waals surface area (Å²) in [4.78, 5) is 22.2. The fourth-order valence-electron chi connectivity index (χ4n) is 1.24. The monoisotopic (exact) mass is 315 g/mol. The van der Waals surface area contributed by atoms with E-state index in [0.29, 0.717) is 4.88 Å². The summed E-state index contributed by atoms with van der Waals surface area (Å²) in [5.41, 5.74) is 0.944. The van der Waals surface area contributed by atoms with Gasteiger partial charge in [0.25, 0.3) is 0 Å². The predicted molar refractivity (Wildman–Crippen MR) is 65.6 cm³/mol. The Balaban J connectivity index is 2.33. The molecule has 7 heteroatoms. The van der Waals surface area contributed by atoms with Crippen LogP contribution in [-0.2, 0) is 0 Å². The van der Waals surface area contributed by atoms with Crippen LogP contribution in [0.3, 0.4) is 0 Å². The van der Waals surface area contributed by atoms with Crippen molar-refractivity contribution >= 4 is 38.9 Å². The molecule has 0 amide bonds. The van der Waals surface area contributed by atoms with Crippen molar-refractivity contribution in [3.8, 4) is 0 Å². The molecule has 0 N–H and O–H groups in total. The van der Waals surface area contributed by atoms with Gasteiger partial charge < -0.3 is 4.42 Å². The summed E-state index contributed by atoms with van der Waals surface area (Å²) in [5.74, 6) is -0.803. The summed E-state index contributed by atoms with van der Waals surface area (Å²) in [6, 6.07) is 4.19. The lowest BCUT2D eigenvalue weighted by Gasteiger charge is -1.90. The maximum atomic E-state index is 11.9. The molecule has 5 nitrogen and oxygen atoms in total. The van der Waals surface area contributed by atoms with Gasteiger partial charge in [-0.3, -0.25) is 14.9 Å². The average molecular weight is 316 g/mol. The maximum absolute atomic E-state index is 11.9. The van der Waals surface area contributed by atoms with Crippen LogP contribution in [0.4, 0.5) is 5.88 Å². The highest BCUT2D eigenvalue weighted by Crippen LogP contribution is 2.29. The number of halogens is 1. The Hall–Kier alpha value is -1.47. The Bertz CT molecular complexity index is 582. The maximum Gasteiger partial charge on any atom is 0.433 e. The first-order valence-electron chi connectivity index (χ1n) is 4.54. The van der Waals surface area contributed by atoms with E-state index >= 15 is 0 Å². The minimum atomic E-state index is -0.674. The van der Waals surface area contributed by atoms with Crippen molar-refractivity contribution in [2.45, 2.75) is 6.92 Å². The van der Waals surface area contributed by atoms with Crippen LogP contribution in [0.1, 0.15) is 21.0 Å². The van der Waals surface area contributed by atoms with Gasteiger partial charge in [-0.25, -0.2) is 0 Å². The lowest BCUT2D eigenvalue weighted by molar-refractivity contribution is -0.402. The fraction of sp³-hybridized carbons (Fsp3) is 0.100. The number of rotatable bonds is 3. The molecule has 2 rings (SSSR count). The van der Waals surface area contributed by atoms with E-state index in [4.69, 9.17) is 4.42 Å².